The van der Waals surface area contributed by atoms with E-state index < -0.39 is 0 Å². The highest BCUT2D eigenvalue weighted by molar-refractivity contribution is 7.80. The van der Waals surface area contributed by atoms with Crippen molar-refractivity contribution in [3.05, 3.63) is 83.9 Å². The number of methoxy groups -OCH3 is 1. The maximum atomic E-state index is 11.7. The average molecular weight is 392 g/mol. The van der Waals surface area contributed by atoms with Crippen LogP contribution in [-0.4, -0.2) is 39.7 Å². The van der Waals surface area contributed by atoms with Crippen LogP contribution >= 0.6 is 12.2 Å². The van der Waals surface area contributed by atoms with Crippen molar-refractivity contribution in [2.24, 2.45) is 0 Å². The number of nitrogens with zero attached hydrogens (tertiary/aromatic N) is 3. The Hall–Kier alpha value is -3.19. The number of nitrogens with one attached hydrogen (secondary N) is 1. The molecule has 3 heterocycles. The molecule has 1 fully saturated rings. The Balaban J connectivity index is 1.73. The van der Waals surface area contributed by atoms with Crippen molar-refractivity contribution in [2.45, 2.75) is 12.1 Å². The number of esters is 1. The number of hydrogen-bond donors (Lipinski definition) is 1. The van der Waals surface area contributed by atoms with Crippen LogP contribution in [0, 0.1) is 0 Å². The number of carbonyl (C=O) groups is 1. The van der Waals surface area contributed by atoms with E-state index >= 15 is 0 Å². The van der Waals surface area contributed by atoms with E-state index in [0.29, 0.717) is 10.7 Å². The third-order valence-corrected chi connectivity index (χ3v) is 5.39. The molecule has 2 aromatic heterocycles. The maximum absolute atomic E-state index is 11.7. The first kappa shape index (κ1) is 18.2. The Kier molecular flexibility index (Phi) is 4.83. The standard InChI is InChI=1S/C21H20N4O2S/c1-24-19(18(23-21(24)28)16-6-3-4-12-22-16)17-7-5-13-25(17)15-10-8-14(9-11-15)20(26)27-2/h3-13,18-19H,1-2H3,(H,23,28). The maximum Gasteiger partial charge on any atom is 0.337 e. The van der Waals surface area contributed by atoms with Gasteiger partial charge in [-0.05, 0) is 60.7 Å². The molecule has 0 radical (unpaired) electrons. The fraction of sp³-hybridized carbons (Fsp3) is 0.190. The van der Waals surface area contributed by atoms with Crippen LogP contribution in [0.25, 0.3) is 5.69 Å². The van der Waals surface area contributed by atoms with Crippen molar-refractivity contribution in [2.75, 3.05) is 14.2 Å². The Morgan fingerprint density at radius 1 is 1.14 bits per heavy atom. The fourth-order valence-electron chi connectivity index (χ4n) is 3.57. The lowest BCUT2D eigenvalue weighted by atomic mass is 10.0. The number of benzene rings is 1. The summed E-state index contributed by atoms with van der Waals surface area (Å²) in [5.41, 5.74) is 3.50. The minimum atomic E-state index is -0.348. The molecule has 1 saturated heterocycles. The molecule has 0 bridgehead atoms. The molecular weight excluding hydrogens is 372 g/mol. The Bertz CT molecular complexity index is 1000. The van der Waals surface area contributed by atoms with Gasteiger partial charge in [0.25, 0.3) is 0 Å². The zero-order valence-electron chi connectivity index (χ0n) is 15.6. The van der Waals surface area contributed by atoms with Crippen LogP contribution in [0.4, 0.5) is 0 Å². The largest absolute Gasteiger partial charge is 0.465 e. The van der Waals surface area contributed by atoms with E-state index in [1.54, 1.807) is 18.3 Å². The Morgan fingerprint density at radius 2 is 1.93 bits per heavy atom. The average Bonchev–Trinajstić information content (AvgIpc) is 3.33. The lowest BCUT2D eigenvalue weighted by Gasteiger charge is -2.25. The number of aromatic nitrogens is 2. The quantitative estimate of drug-likeness (QED) is 0.543. The molecule has 1 aliphatic rings. The summed E-state index contributed by atoms with van der Waals surface area (Å²) in [6.45, 7) is 0. The molecule has 3 aromatic rings. The first-order valence-corrected chi connectivity index (χ1v) is 9.31. The predicted molar refractivity (Wildman–Crippen MR) is 110 cm³/mol. The molecule has 7 heteroatoms. The number of thiocarbonyl (C=S) groups is 1. The van der Waals surface area contributed by atoms with Gasteiger partial charge in [0.05, 0.1) is 30.5 Å². The van der Waals surface area contributed by atoms with Crippen LogP contribution < -0.4 is 5.32 Å². The van der Waals surface area contributed by atoms with Crippen molar-refractivity contribution >= 4 is 23.3 Å². The number of hydrogen-bond acceptors (Lipinski definition) is 4. The Labute approximate surface area is 168 Å². The molecule has 4 rings (SSSR count). The highest BCUT2D eigenvalue weighted by Crippen LogP contribution is 2.38. The molecule has 0 spiro atoms. The summed E-state index contributed by atoms with van der Waals surface area (Å²) >= 11 is 5.52. The number of rotatable bonds is 4. The fourth-order valence-corrected chi connectivity index (χ4v) is 3.82. The molecule has 1 aliphatic heterocycles. The third-order valence-electron chi connectivity index (χ3n) is 4.99. The van der Waals surface area contributed by atoms with E-state index in [4.69, 9.17) is 17.0 Å². The van der Waals surface area contributed by atoms with Crippen LogP contribution in [0.15, 0.2) is 67.0 Å². The van der Waals surface area contributed by atoms with E-state index in [1.165, 1.54) is 7.11 Å². The lowest BCUT2D eigenvalue weighted by molar-refractivity contribution is 0.0601. The summed E-state index contributed by atoms with van der Waals surface area (Å²) in [6.07, 6.45) is 3.80. The molecule has 0 saturated carbocycles. The minimum absolute atomic E-state index is 0.0160. The van der Waals surface area contributed by atoms with Gasteiger partial charge in [-0.15, -0.1) is 0 Å². The SMILES string of the molecule is COC(=O)c1ccc(-n2cccc2C2C(c3ccccn3)NC(=S)N2C)cc1. The second kappa shape index (κ2) is 7.44. The molecule has 6 nitrogen and oxygen atoms in total. The summed E-state index contributed by atoms with van der Waals surface area (Å²) in [4.78, 5) is 18.3. The number of likely N-dealkylation sites (N-methyl/N-ethyl adjacent to an activating group) is 1. The van der Waals surface area contributed by atoms with Gasteiger partial charge in [0, 0.05) is 30.8 Å². The summed E-state index contributed by atoms with van der Waals surface area (Å²) in [5.74, 6) is -0.348. The summed E-state index contributed by atoms with van der Waals surface area (Å²) < 4.78 is 6.88. The Morgan fingerprint density at radius 3 is 2.61 bits per heavy atom. The predicted octanol–water partition coefficient (Wildman–Crippen LogP) is 3.26. The molecular formula is C21H20N4O2S. The van der Waals surface area contributed by atoms with Crippen molar-refractivity contribution < 1.29 is 9.53 Å². The van der Waals surface area contributed by atoms with Gasteiger partial charge in [-0.2, -0.15) is 0 Å². The van der Waals surface area contributed by atoms with Crippen molar-refractivity contribution in [3.8, 4) is 5.69 Å². The molecule has 28 heavy (non-hydrogen) atoms. The van der Waals surface area contributed by atoms with Crippen LogP contribution in [-0.2, 0) is 4.74 Å². The van der Waals surface area contributed by atoms with Gasteiger partial charge in [-0.3, -0.25) is 4.98 Å². The van der Waals surface area contributed by atoms with Crippen molar-refractivity contribution in [1.29, 1.82) is 0 Å². The van der Waals surface area contributed by atoms with Gasteiger partial charge in [0.1, 0.15) is 0 Å². The number of carbonyl (C=O) groups excluding carboxylic acids is 1. The third kappa shape index (κ3) is 3.14. The van der Waals surface area contributed by atoms with E-state index in [2.05, 4.69) is 25.8 Å². The molecule has 0 amide bonds. The summed E-state index contributed by atoms with van der Waals surface area (Å²) in [6, 6.07) is 17.3. The molecule has 2 atom stereocenters. The van der Waals surface area contributed by atoms with Gasteiger partial charge in [-0.1, -0.05) is 6.07 Å². The second-order valence-electron chi connectivity index (χ2n) is 6.58. The van der Waals surface area contributed by atoms with Gasteiger partial charge in [0.15, 0.2) is 5.11 Å². The molecule has 142 valence electrons. The van der Waals surface area contributed by atoms with Crippen molar-refractivity contribution in [3.63, 3.8) is 0 Å². The van der Waals surface area contributed by atoms with Crippen LogP contribution in [0.2, 0.25) is 0 Å². The topological polar surface area (TPSA) is 59.4 Å². The lowest BCUT2D eigenvalue weighted by Crippen LogP contribution is -2.25. The van der Waals surface area contributed by atoms with E-state index in [1.807, 2.05) is 49.6 Å². The van der Waals surface area contributed by atoms with Crippen LogP contribution in [0.5, 0.6) is 0 Å². The molecule has 1 aromatic carbocycles. The van der Waals surface area contributed by atoms with Gasteiger partial charge < -0.3 is 19.5 Å². The monoisotopic (exact) mass is 392 g/mol. The summed E-state index contributed by atoms with van der Waals surface area (Å²) in [5, 5.41) is 4.08. The number of ether oxygens (including phenoxy) is 1. The van der Waals surface area contributed by atoms with E-state index in [0.717, 1.165) is 17.1 Å². The molecule has 2 unspecified atom stereocenters. The first-order chi connectivity index (χ1) is 13.6. The minimum Gasteiger partial charge on any atom is -0.465 e. The second-order valence-corrected chi connectivity index (χ2v) is 6.97. The van der Waals surface area contributed by atoms with Gasteiger partial charge >= 0.3 is 5.97 Å². The smallest absolute Gasteiger partial charge is 0.337 e. The van der Waals surface area contributed by atoms with Gasteiger partial charge in [-0.25, -0.2) is 4.79 Å². The highest BCUT2D eigenvalue weighted by Gasteiger charge is 2.39. The first-order valence-electron chi connectivity index (χ1n) is 8.90. The highest BCUT2D eigenvalue weighted by atomic mass is 32.1. The van der Waals surface area contributed by atoms with Gasteiger partial charge in [0.2, 0.25) is 0 Å². The van der Waals surface area contributed by atoms with E-state index in [9.17, 15) is 4.79 Å². The zero-order valence-corrected chi connectivity index (χ0v) is 16.4. The normalized spacial score (nSPS) is 18.8. The number of pyridine rings is 1. The van der Waals surface area contributed by atoms with Crippen LogP contribution in [0.3, 0.4) is 0 Å². The zero-order chi connectivity index (χ0) is 19.7. The van der Waals surface area contributed by atoms with E-state index in [-0.39, 0.29) is 18.1 Å². The molecule has 1 N–H and O–H groups in total. The summed E-state index contributed by atoms with van der Waals surface area (Å²) in [7, 11) is 3.37. The molecule has 0 aliphatic carbocycles. The van der Waals surface area contributed by atoms with Crippen LogP contribution in [0.1, 0.15) is 33.8 Å². The van der Waals surface area contributed by atoms with Crippen molar-refractivity contribution in [1.82, 2.24) is 19.8 Å².